The molecule has 0 bridgehead atoms. The number of hydrogen-bond acceptors (Lipinski definition) is 4. The van der Waals surface area contributed by atoms with Gasteiger partial charge in [-0.25, -0.2) is 0 Å². The first kappa shape index (κ1) is 14.0. The van der Waals surface area contributed by atoms with Crippen LogP contribution in [0.15, 0.2) is 11.7 Å². The molecule has 1 aliphatic rings. The van der Waals surface area contributed by atoms with Crippen molar-refractivity contribution in [1.82, 2.24) is 15.2 Å². The van der Waals surface area contributed by atoms with Crippen molar-refractivity contribution in [3.63, 3.8) is 0 Å². The predicted molar refractivity (Wildman–Crippen MR) is 78.0 cm³/mol. The van der Waals surface area contributed by atoms with E-state index < -0.39 is 0 Å². The minimum Gasteiger partial charge on any atom is -0.308 e. The van der Waals surface area contributed by atoms with E-state index in [1.165, 1.54) is 37.0 Å². The molecule has 102 valence electrons. The molecular weight excluding hydrogens is 242 g/mol. The zero-order valence-corrected chi connectivity index (χ0v) is 12.6. The Bertz CT molecular complexity index is 342. The van der Waals surface area contributed by atoms with Crippen molar-refractivity contribution in [2.24, 2.45) is 0 Å². The van der Waals surface area contributed by atoms with Gasteiger partial charge in [-0.05, 0) is 33.9 Å². The van der Waals surface area contributed by atoms with E-state index in [-0.39, 0.29) is 0 Å². The summed E-state index contributed by atoms with van der Waals surface area (Å²) in [4.78, 5) is 7.92. The van der Waals surface area contributed by atoms with Gasteiger partial charge in [-0.15, -0.1) is 11.3 Å². The lowest BCUT2D eigenvalue weighted by atomic mass is 9.80. The van der Waals surface area contributed by atoms with Gasteiger partial charge >= 0.3 is 0 Å². The fourth-order valence-corrected chi connectivity index (χ4v) is 3.53. The molecule has 1 saturated carbocycles. The molecule has 0 amide bonds. The van der Waals surface area contributed by atoms with E-state index >= 15 is 0 Å². The predicted octanol–water partition coefficient (Wildman–Crippen LogP) is 3.06. The molecule has 18 heavy (non-hydrogen) atoms. The number of likely N-dealkylation sites (N-methyl/N-ethyl adjacent to an activating group) is 1. The third-order valence-corrected chi connectivity index (χ3v) is 5.31. The Kier molecular flexibility index (Phi) is 4.76. The van der Waals surface area contributed by atoms with E-state index in [1.54, 1.807) is 11.3 Å². The molecule has 0 aromatic carbocycles. The molecule has 0 aliphatic heterocycles. The third kappa shape index (κ3) is 3.11. The lowest BCUT2D eigenvalue weighted by Gasteiger charge is -2.43. The summed E-state index contributed by atoms with van der Waals surface area (Å²) >= 11 is 1.74. The molecule has 1 aliphatic carbocycles. The fraction of sp³-hybridized carbons (Fsp3) is 0.786. The summed E-state index contributed by atoms with van der Waals surface area (Å²) in [6.45, 7) is 3.32. The normalized spacial score (nSPS) is 21.1. The average molecular weight is 267 g/mol. The highest BCUT2D eigenvalue weighted by Crippen LogP contribution is 2.32. The van der Waals surface area contributed by atoms with E-state index in [9.17, 15) is 0 Å². The minimum absolute atomic E-state index is 0.358. The van der Waals surface area contributed by atoms with Gasteiger partial charge < -0.3 is 10.2 Å². The highest BCUT2D eigenvalue weighted by Gasteiger charge is 2.34. The first-order chi connectivity index (χ1) is 8.64. The van der Waals surface area contributed by atoms with Gasteiger partial charge in [0.25, 0.3) is 0 Å². The van der Waals surface area contributed by atoms with E-state index in [0.29, 0.717) is 11.6 Å². The summed E-state index contributed by atoms with van der Waals surface area (Å²) in [6.07, 6.45) is 8.76. The van der Waals surface area contributed by atoms with Crippen molar-refractivity contribution in [2.45, 2.75) is 50.6 Å². The van der Waals surface area contributed by atoms with Crippen LogP contribution in [0, 0.1) is 0 Å². The quantitative estimate of drug-likeness (QED) is 0.888. The Hall–Kier alpha value is -0.450. The van der Waals surface area contributed by atoms with Crippen LogP contribution in [0.1, 0.15) is 49.9 Å². The number of hydrogen-bond donors (Lipinski definition) is 1. The van der Waals surface area contributed by atoms with Crippen LogP contribution in [0.4, 0.5) is 0 Å². The van der Waals surface area contributed by atoms with Crippen LogP contribution in [0.2, 0.25) is 0 Å². The van der Waals surface area contributed by atoms with E-state index in [4.69, 9.17) is 0 Å². The highest BCUT2D eigenvalue weighted by molar-refractivity contribution is 7.09. The molecule has 1 aromatic rings. The number of aromatic nitrogens is 1. The minimum atomic E-state index is 0.358. The van der Waals surface area contributed by atoms with Crippen molar-refractivity contribution < 1.29 is 0 Å². The maximum atomic E-state index is 4.16. The molecule has 0 saturated heterocycles. The topological polar surface area (TPSA) is 28.2 Å². The van der Waals surface area contributed by atoms with Gasteiger partial charge in [0.1, 0.15) is 0 Å². The standard InChI is InChI=1S/C14H25N3S/c1-12(13-9-15-11-18-13)16-10-14(17(2)3)7-5-4-6-8-14/h9,11-12,16H,4-8,10H2,1-3H3. The highest BCUT2D eigenvalue weighted by atomic mass is 32.1. The van der Waals surface area contributed by atoms with Crippen LogP contribution in [0.3, 0.4) is 0 Å². The van der Waals surface area contributed by atoms with Gasteiger partial charge in [0, 0.05) is 29.2 Å². The van der Waals surface area contributed by atoms with Gasteiger partial charge in [-0.2, -0.15) is 0 Å². The molecule has 3 nitrogen and oxygen atoms in total. The smallest absolute Gasteiger partial charge is 0.0794 e. The number of rotatable bonds is 5. The molecule has 1 atom stereocenters. The maximum absolute atomic E-state index is 4.16. The van der Waals surface area contributed by atoms with Gasteiger partial charge in [0.15, 0.2) is 0 Å². The molecule has 2 rings (SSSR count). The molecule has 0 spiro atoms. The van der Waals surface area contributed by atoms with Crippen molar-refractivity contribution >= 4 is 11.3 Å². The van der Waals surface area contributed by atoms with Gasteiger partial charge in [-0.3, -0.25) is 4.98 Å². The SMILES string of the molecule is CC(NCC1(N(C)C)CCCCC1)c1cncs1. The van der Waals surface area contributed by atoms with Crippen molar-refractivity contribution in [3.05, 3.63) is 16.6 Å². The largest absolute Gasteiger partial charge is 0.308 e. The maximum Gasteiger partial charge on any atom is 0.0794 e. The van der Waals surface area contributed by atoms with Crippen LogP contribution in [0.5, 0.6) is 0 Å². The first-order valence-electron chi connectivity index (χ1n) is 6.93. The average Bonchev–Trinajstić information content (AvgIpc) is 2.91. The second kappa shape index (κ2) is 6.13. The van der Waals surface area contributed by atoms with Crippen LogP contribution < -0.4 is 5.32 Å². The molecule has 4 heteroatoms. The Morgan fingerprint density at radius 3 is 2.67 bits per heavy atom. The third-order valence-electron chi connectivity index (χ3n) is 4.35. The van der Waals surface area contributed by atoms with Crippen LogP contribution in [-0.2, 0) is 0 Å². The summed E-state index contributed by atoms with van der Waals surface area (Å²) in [5.74, 6) is 0. The summed E-state index contributed by atoms with van der Waals surface area (Å²) in [5.41, 5.74) is 2.27. The van der Waals surface area contributed by atoms with E-state index in [1.807, 2.05) is 11.7 Å². The molecular formula is C14H25N3S. The van der Waals surface area contributed by atoms with Crippen molar-refractivity contribution in [3.8, 4) is 0 Å². The van der Waals surface area contributed by atoms with E-state index in [2.05, 4.69) is 36.2 Å². The Morgan fingerprint density at radius 2 is 2.11 bits per heavy atom. The Balaban J connectivity index is 1.93. The number of nitrogens with zero attached hydrogens (tertiary/aromatic N) is 2. The van der Waals surface area contributed by atoms with Crippen molar-refractivity contribution in [2.75, 3.05) is 20.6 Å². The summed E-state index contributed by atoms with van der Waals surface area (Å²) in [5, 5.41) is 3.71. The second-order valence-corrected chi connectivity index (χ2v) is 6.60. The zero-order chi connectivity index (χ0) is 13.0. The zero-order valence-electron chi connectivity index (χ0n) is 11.8. The fourth-order valence-electron chi connectivity index (χ4n) is 2.88. The molecule has 1 aromatic heterocycles. The summed E-state index contributed by atoms with van der Waals surface area (Å²) in [7, 11) is 4.45. The number of nitrogens with one attached hydrogen (secondary N) is 1. The summed E-state index contributed by atoms with van der Waals surface area (Å²) < 4.78 is 0. The van der Waals surface area contributed by atoms with Crippen LogP contribution in [0.25, 0.3) is 0 Å². The van der Waals surface area contributed by atoms with Crippen LogP contribution in [-0.4, -0.2) is 36.1 Å². The van der Waals surface area contributed by atoms with Gasteiger partial charge in [0.2, 0.25) is 0 Å². The Morgan fingerprint density at radius 1 is 1.39 bits per heavy atom. The molecule has 1 fully saturated rings. The molecule has 1 N–H and O–H groups in total. The lowest BCUT2D eigenvalue weighted by Crippen LogP contribution is -2.53. The summed E-state index contributed by atoms with van der Waals surface area (Å²) in [6, 6.07) is 0.413. The van der Waals surface area contributed by atoms with Gasteiger partial charge in [0.05, 0.1) is 5.51 Å². The molecule has 1 heterocycles. The first-order valence-corrected chi connectivity index (χ1v) is 7.81. The number of thiazole rings is 1. The molecule has 0 radical (unpaired) electrons. The second-order valence-electron chi connectivity index (χ2n) is 5.69. The van der Waals surface area contributed by atoms with Crippen molar-refractivity contribution in [1.29, 1.82) is 0 Å². The lowest BCUT2D eigenvalue weighted by molar-refractivity contribution is 0.0959. The molecule has 1 unspecified atom stereocenters. The van der Waals surface area contributed by atoms with Crippen LogP contribution >= 0.6 is 11.3 Å². The monoisotopic (exact) mass is 267 g/mol. The Labute approximate surface area is 115 Å². The van der Waals surface area contributed by atoms with Gasteiger partial charge in [-0.1, -0.05) is 19.3 Å². The van der Waals surface area contributed by atoms with E-state index in [0.717, 1.165) is 6.54 Å².